The third kappa shape index (κ3) is 1.74. The molecule has 0 atom stereocenters. The molecule has 2 heteroatoms. The Hall–Kier alpha value is -0.0800. The molecule has 1 fully saturated rings. The SMILES string of the molecule is COC1(C)CN(C(C)(C)C)C1. The Morgan fingerprint density at radius 3 is 2.00 bits per heavy atom. The van der Waals surface area contributed by atoms with Crippen LogP contribution in [0.15, 0.2) is 0 Å². The van der Waals surface area contributed by atoms with Gasteiger partial charge in [0.15, 0.2) is 0 Å². The molecule has 0 aromatic carbocycles. The Morgan fingerprint density at radius 2 is 1.73 bits per heavy atom. The standard InChI is InChI=1S/C9H19NO/c1-8(2,3)10-6-9(4,7-10)11-5/h6-7H2,1-5H3. The maximum Gasteiger partial charge on any atom is 0.0903 e. The molecule has 1 rings (SSSR count). The Bertz CT molecular complexity index is 142. The predicted octanol–water partition coefficient (Wildman–Crippen LogP) is 1.51. The summed E-state index contributed by atoms with van der Waals surface area (Å²) in [4.78, 5) is 2.43. The molecule has 0 saturated carbocycles. The highest BCUT2D eigenvalue weighted by Gasteiger charge is 2.43. The normalized spacial score (nSPS) is 24.8. The minimum absolute atomic E-state index is 0.118. The molecule has 66 valence electrons. The number of rotatable bonds is 1. The summed E-state index contributed by atoms with van der Waals surface area (Å²) in [6.45, 7) is 11.0. The highest BCUT2D eigenvalue weighted by atomic mass is 16.5. The molecule has 0 unspecified atom stereocenters. The van der Waals surface area contributed by atoms with Gasteiger partial charge in [0.1, 0.15) is 0 Å². The van der Waals surface area contributed by atoms with Gasteiger partial charge in [-0.3, -0.25) is 4.90 Å². The van der Waals surface area contributed by atoms with Crippen molar-refractivity contribution in [2.75, 3.05) is 20.2 Å². The van der Waals surface area contributed by atoms with E-state index in [4.69, 9.17) is 4.74 Å². The van der Waals surface area contributed by atoms with Gasteiger partial charge in [-0.1, -0.05) is 0 Å². The predicted molar refractivity (Wildman–Crippen MR) is 46.7 cm³/mol. The van der Waals surface area contributed by atoms with E-state index in [1.165, 1.54) is 0 Å². The van der Waals surface area contributed by atoms with Gasteiger partial charge in [0.25, 0.3) is 0 Å². The lowest BCUT2D eigenvalue weighted by molar-refractivity contribution is -0.140. The number of hydrogen-bond acceptors (Lipinski definition) is 2. The van der Waals surface area contributed by atoms with Crippen molar-refractivity contribution in [1.29, 1.82) is 0 Å². The van der Waals surface area contributed by atoms with Gasteiger partial charge in [0.2, 0.25) is 0 Å². The largest absolute Gasteiger partial charge is 0.376 e. The van der Waals surface area contributed by atoms with Crippen LogP contribution in [0.1, 0.15) is 27.7 Å². The minimum Gasteiger partial charge on any atom is -0.376 e. The number of ether oxygens (including phenoxy) is 1. The molecule has 1 heterocycles. The van der Waals surface area contributed by atoms with Crippen molar-refractivity contribution in [3.05, 3.63) is 0 Å². The van der Waals surface area contributed by atoms with Crippen molar-refractivity contribution in [1.82, 2.24) is 4.90 Å². The third-order valence-corrected chi connectivity index (χ3v) is 2.49. The number of nitrogens with zero attached hydrogens (tertiary/aromatic N) is 1. The van der Waals surface area contributed by atoms with Gasteiger partial charge in [-0.15, -0.1) is 0 Å². The monoisotopic (exact) mass is 157 g/mol. The summed E-state index contributed by atoms with van der Waals surface area (Å²) in [7, 11) is 1.79. The van der Waals surface area contributed by atoms with E-state index in [9.17, 15) is 0 Å². The third-order valence-electron chi connectivity index (χ3n) is 2.49. The molecule has 0 amide bonds. The first kappa shape index (κ1) is 9.01. The fraction of sp³-hybridized carbons (Fsp3) is 1.00. The lowest BCUT2D eigenvalue weighted by Crippen LogP contribution is -2.66. The molecule has 1 aliphatic rings. The molecule has 0 aromatic rings. The zero-order valence-electron chi connectivity index (χ0n) is 8.27. The van der Waals surface area contributed by atoms with Crippen molar-refractivity contribution in [2.24, 2.45) is 0 Å². The maximum atomic E-state index is 5.36. The Balaban J connectivity index is 2.40. The number of likely N-dealkylation sites (tertiary alicyclic amines) is 1. The van der Waals surface area contributed by atoms with Crippen molar-refractivity contribution in [2.45, 2.75) is 38.8 Å². The zero-order valence-corrected chi connectivity index (χ0v) is 8.27. The van der Waals surface area contributed by atoms with E-state index in [1.54, 1.807) is 7.11 Å². The van der Waals surface area contributed by atoms with E-state index in [2.05, 4.69) is 32.6 Å². The molecule has 0 aromatic heterocycles. The van der Waals surface area contributed by atoms with E-state index >= 15 is 0 Å². The summed E-state index contributed by atoms with van der Waals surface area (Å²) in [5.41, 5.74) is 0.422. The van der Waals surface area contributed by atoms with E-state index in [-0.39, 0.29) is 5.60 Å². The molecule has 1 saturated heterocycles. The lowest BCUT2D eigenvalue weighted by atomic mass is 9.90. The van der Waals surface area contributed by atoms with Crippen molar-refractivity contribution in [3.8, 4) is 0 Å². The van der Waals surface area contributed by atoms with Crippen LogP contribution in [0.3, 0.4) is 0 Å². The average molecular weight is 157 g/mol. The highest BCUT2D eigenvalue weighted by Crippen LogP contribution is 2.30. The first-order valence-electron chi connectivity index (χ1n) is 4.18. The van der Waals surface area contributed by atoms with E-state index < -0.39 is 0 Å². The quantitative estimate of drug-likeness (QED) is 0.572. The van der Waals surface area contributed by atoms with Crippen LogP contribution in [0.5, 0.6) is 0 Å². The first-order chi connectivity index (χ1) is 4.87. The lowest BCUT2D eigenvalue weighted by Gasteiger charge is -2.53. The maximum absolute atomic E-state index is 5.36. The highest BCUT2D eigenvalue weighted by molar-refractivity contribution is 4.98. The fourth-order valence-electron chi connectivity index (χ4n) is 1.36. The fourth-order valence-corrected chi connectivity index (χ4v) is 1.36. The van der Waals surface area contributed by atoms with Crippen LogP contribution in [0.25, 0.3) is 0 Å². The first-order valence-corrected chi connectivity index (χ1v) is 4.18. The van der Waals surface area contributed by atoms with Crippen molar-refractivity contribution >= 4 is 0 Å². The molecular formula is C9H19NO. The summed E-state index contributed by atoms with van der Waals surface area (Å²) in [6.07, 6.45) is 0. The van der Waals surface area contributed by atoms with Gasteiger partial charge in [0.05, 0.1) is 5.60 Å². The molecule has 1 aliphatic heterocycles. The van der Waals surface area contributed by atoms with E-state index in [0.29, 0.717) is 5.54 Å². The summed E-state index contributed by atoms with van der Waals surface area (Å²) in [5, 5.41) is 0. The van der Waals surface area contributed by atoms with Crippen molar-refractivity contribution in [3.63, 3.8) is 0 Å². The second-order valence-corrected chi connectivity index (χ2v) is 4.68. The minimum atomic E-state index is 0.118. The van der Waals surface area contributed by atoms with Gasteiger partial charge in [-0.2, -0.15) is 0 Å². The van der Waals surface area contributed by atoms with Gasteiger partial charge >= 0.3 is 0 Å². The van der Waals surface area contributed by atoms with Crippen LogP contribution >= 0.6 is 0 Å². The summed E-state index contributed by atoms with van der Waals surface area (Å²) in [6, 6.07) is 0. The molecule has 0 N–H and O–H groups in total. The summed E-state index contributed by atoms with van der Waals surface area (Å²) in [5.74, 6) is 0. The van der Waals surface area contributed by atoms with Crippen LogP contribution in [0, 0.1) is 0 Å². The summed E-state index contributed by atoms with van der Waals surface area (Å²) >= 11 is 0. The molecule has 0 aliphatic carbocycles. The number of hydrogen-bond donors (Lipinski definition) is 0. The van der Waals surface area contributed by atoms with Crippen LogP contribution in [-0.2, 0) is 4.74 Å². The van der Waals surface area contributed by atoms with E-state index in [0.717, 1.165) is 13.1 Å². The van der Waals surface area contributed by atoms with Gasteiger partial charge < -0.3 is 4.74 Å². The van der Waals surface area contributed by atoms with Crippen LogP contribution in [-0.4, -0.2) is 36.2 Å². The van der Waals surface area contributed by atoms with Crippen LogP contribution < -0.4 is 0 Å². The second-order valence-electron chi connectivity index (χ2n) is 4.68. The van der Waals surface area contributed by atoms with Crippen LogP contribution in [0.4, 0.5) is 0 Å². The van der Waals surface area contributed by atoms with Gasteiger partial charge in [-0.25, -0.2) is 0 Å². The molecule has 0 spiro atoms. The molecular weight excluding hydrogens is 138 g/mol. The molecule has 2 nitrogen and oxygen atoms in total. The molecule has 0 bridgehead atoms. The molecule has 11 heavy (non-hydrogen) atoms. The smallest absolute Gasteiger partial charge is 0.0903 e. The van der Waals surface area contributed by atoms with Gasteiger partial charge in [-0.05, 0) is 27.7 Å². The Kier molecular flexibility index (Phi) is 2.01. The van der Waals surface area contributed by atoms with Crippen molar-refractivity contribution < 1.29 is 4.74 Å². The Morgan fingerprint density at radius 1 is 1.27 bits per heavy atom. The second kappa shape index (κ2) is 2.46. The topological polar surface area (TPSA) is 12.5 Å². The van der Waals surface area contributed by atoms with Crippen LogP contribution in [0.2, 0.25) is 0 Å². The average Bonchev–Trinajstić information content (AvgIpc) is 1.78. The van der Waals surface area contributed by atoms with E-state index in [1.807, 2.05) is 0 Å². The Labute approximate surface area is 69.5 Å². The number of methoxy groups -OCH3 is 1. The molecule has 0 radical (unpaired) electrons. The summed E-state index contributed by atoms with van der Waals surface area (Å²) < 4.78 is 5.36. The van der Waals surface area contributed by atoms with Gasteiger partial charge in [0, 0.05) is 25.7 Å². The zero-order chi connectivity index (χ0) is 8.70.